The molecule has 0 aromatic heterocycles. The fourth-order valence-electron chi connectivity index (χ4n) is 2.42. The van der Waals surface area contributed by atoms with Crippen LogP contribution in [0.25, 0.3) is 0 Å². The van der Waals surface area contributed by atoms with E-state index in [2.05, 4.69) is 74.6 Å². The highest BCUT2D eigenvalue weighted by molar-refractivity contribution is 5.47. The van der Waals surface area contributed by atoms with Crippen molar-refractivity contribution in [2.75, 3.05) is 5.32 Å². The van der Waals surface area contributed by atoms with Crippen LogP contribution in [0.15, 0.2) is 48.5 Å². The van der Waals surface area contributed by atoms with Gasteiger partial charge in [-0.25, -0.2) is 0 Å². The molecule has 0 aliphatic carbocycles. The highest BCUT2D eigenvalue weighted by Crippen LogP contribution is 2.20. The lowest BCUT2D eigenvalue weighted by molar-refractivity contribution is 0.793. The van der Waals surface area contributed by atoms with E-state index in [0.717, 1.165) is 0 Å². The molecule has 1 atom stereocenters. The molecule has 2 aromatic rings. The molecule has 0 aliphatic rings. The van der Waals surface area contributed by atoms with Gasteiger partial charge in [-0.15, -0.1) is 0 Å². The summed E-state index contributed by atoms with van der Waals surface area (Å²) in [5.41, 5.74) is 5.26. The number of rotatable bonds is 6. The van der Waals surface area contributed by atoms with Crippen molar-refractivity contribution in [3.63, 3.8) is 0 Å². The van der Waals surface area contributed by atoms with Gasteiger partial charge in [0.2, 0.25) is 0 Å². The maximum absolute atomic E-state index is 3.56. The molecule has 0 amide bonds. The highest BCUT2D eigenvalue weighted by Gasteiger charge is 2.05. The van der Waals surface area contributed by atoms with Crippen LogP contribution in [0, 0.1) is 6.92 Å². The minimum atomic E-state index is 0.331. The molecule has 1 heteroatoms. The molecule has 1 N–H and O–H groups in total. The standard InChI is InChI=1S/C19H25N/c1-4-5-8-17-10-12-18(13-11-17)16(3)20-19-9-6-7-15(2)14-19/h6-7,9-14,16,20H,4-5,8H2,1-3H3. The summed E-state index contributed by atoms with van der Waals surface area (Å²) in [5.74, 6) is 0. The Hall–Kier alpha value is -1.76. The van der Waals surface area contributed by atoms with E-state index < -0.39 is 0 Å². The van der Waals surface area contributed by atoms with E-state index in [9.17, 15) is 0 Å². The van der Waals surface area contributed by atoms with Gasteiger partial charge in [-0.05, 0) is 55.5 Å². The van der Waals surface area contributed by atoms with Crippen LogP contribution in [0.4, 0.5) is 5.69 Å². The summed E-state index contributed by atoms with van der Waals surface area (Å²) < 4.78 is 0. The predicted octanol–water partition coefficient (Wildman–Crippen LogP) is 5.51. The lowest BCUT2D eigenvalue weighted by Crippen LogP contribution is -2.06. The molecule has 1 unspecified atom stereocenters. The number of hydrogen-bond acceptors (Lipinski definition) is 1. The maximum Gasteiger partial charge on any atom is 0.0485 e. The van der Waals surface area contributed by atoms with Crippen LogP contribution in [-0.4, -0.2) is 0 Å². The van der Waals surface area contributed by atoms with E-state index in [4.69, 9.17) is 0 Å². The Kier molecular flexibility index (Phi) is 5.23. The summed E-state index contributed by atoms with van der Waals surface area (Å²) in [6.45, 7) is 6.57. The molecule has 0 fully saturated rings. The quantitative estimate of drug-likeness (QED) is 0.727. The topological polar surface area (TPSA) is 12.0 Å². The van der Waals surface area contributed by atoms with Gasteiger partial charge in [-0.2, -0.15) is 0 Å². The van der Waals surface area contributed by atoms with Crippen molar-refractivity contribution < 1.29 is 0 Å². The van der Waals surface area contributed by atoms with E-state index in [1.165, 1.54) is 41.6 Å². The molecule has 0 spiro atoms. The summed E-state index contributed by atoms with van der Waals surface area (Å²) >= 11 is 0. The van der Waals surface area contributed by atoms with Gasteiger partial charge in [0.15, 0.2) is 0 Å². The molecular formula is C19H25N. The highest BCUT2D eigenvalue weighted by atomic mass is 14.9. The summed E-state index contributed by atoms with van der Waals surface area (Å²) in [6.07, 6.45) is 3.72. The molecule has 0 bridgehead atoms. The van der Waals surface area contributed by atoms with Crippen molar-refractivity contribution in [1.29, 1.82) is 0 Å². The average Bonchev–Trinajstić information content (AvgIpc) is 2.45. The van der Waals surface area contributed by atoms with Crippen LogP contribution >= 0.6 is 0 Å². The molecule has 0 radical (unpaired) electrons. The summed E-state index contributed by atoms with van der Waals surface area (Å²) in [6, 6.07) is 17.9. The second-order valence-electron chi connectivity index (χ2n) is 5.58. The summed E-state index contributed by atoms with van der Waals surface area (Å²) in [7, 11) is 0. The fraction of sp³-hybridized carbons (Fsp3) is 0.368. The molecule has 0 heterocycles. The average molecular weight is 267 g/mol. The number of unbranched alkanes of at least 4 members (excludes halogenated alkanes) is 1. The van der Waals surface area contributed by atoms with Crippen LogP contribution in [0.2, 0.25) is 0 Å². The van der Waals surface area contributed by atoms with Crippen molar-refractivity contribution in [2.24, 2.45) is 0 Å². The molecule has 1 nitrogen and oxygen atoms in total. The van der Waals surface area contributed by atoms with Gasteiger partial charge in [-0.1, -0.05) is 49.7 Å². The van der Waals surface area contributed by atoms with Gasteiger partial charge < -0.3 is 5.32 Å². The number of nitrogens with one attached hydrogen (secondary N) is 1. The third kappa shape index (κ3) is 4.12. The Balaban J connectivity index is 2.00. The lowest BCUT2D eigenvalue weighted by atomic mass is 10.0. The van der Waals surface area contributed by atoms with Crippen LogP contribution in [0.1, 0.15) is 49.4 Å². The Bertz CT molecular complexity index is 528. The second kappa shape index (κ2) is 7.14. The minimum absolute atomic E-state index is 0.331. The minimum Gasteiger partial charge on any atom is -0.379 e. The summed E-state index contributed by atoms with van der Waals surface area (Å²) in [4.78, 5) is 0. The van der Waals surface area contributed by atoms with Crippen molar-refractivity contribution in [2.45, 2.75) is 46.1 Å². The normalized spacial score (nSPS) is 12.2. The number of benzene rings is 2. The van der Waals surface area contributed by atoms with Gasteiger partial charge in [0.1, 0.15) is 0 Å². The third-order valence-corrected chi connectivity index (χ3v) is 3.70. The van der Waals surface area contributed by atoms with Crippen LogP contribution < -0.4 is 5.32 Å². The van der Waals surface area contributed by atoms with Crippen LogP contribution in [-0.2, 0) is 6.42 Å². The summed E-state index contributed by atoms with van der Waals surface area (Å²) in [5, 5.41) is 3.56. The zero-order valence-corrected chi connectivity index (χ0v) is 12.8. The first-order valence-corrected chi connectivity index (χ1v) is 7.61. The predicted molar refractivity (Wildman–Crippen MR) is 88.3 cm³/mol. The maximum atomic E-state index is 3.56. The van der Waals surface area contributed by atoms with Gasteiger partial charge in [0, 0.05) is 11.7 Å². The van der Waals surface area contributed by atoms with Gasteiger partial charge in [0.25, 0.3) is 0 Å². The lowest BCUT2D eigenvalue weighted by Gasteiger charge is -2.16. The fourth-order valence-corrected chi connectivity index (χ4v) is 2.42. The Labute approximate surface area is 123 Å². The molecule has 20 heavy (non-hydrogen) atoms. The molecule has 0 aliphatic heterocycles. The molecule has 2 aromatic carbocycles. The SMILES string of the molecule is CCCCc1ccc(C(C)Nc2cccc(C)c2)cc1. The van der Waals surface area contributed by atoms with Gasteiger partial charge in [0.05, 0.1) is 0 Å². The monoisotopic (exact) mass is 267 g/mol. The van der Waals surface area contributed by atoms with E-state index in [0.29, 0.717) is 6.04 Å². The van der Waals surface area contributed by atoms with Crippen molar-refractivity contribution in [1.82, 2.24) is 0 Å². The zero-order chi connectivity index (χ0) is 14.4. The molecule has 2 rings (SSSR count). The molecular weight excluding hydrogens is 242 g/mol. The van der Waals surface area contributed by atoms with Crippen molar-refractivity contribution in [3.05, 3.63) is 65.2 Å². The first-order valence-electron chi connectivity index (χ1n) is 7.61. The largest absolute Gasteiger partial charge is 0.379 e. The zero-order valence-electron chi connectivity index (χ0n) is 12.8. The molecule has 0 saturated heterocycles. The molecule has 106 valence electrons. The van der Waals surface area contributed by atoms with E-state index in [1.54, 1.807) is 0 Å². The van der Waals surface area contributed by atoms with Gasteiger partial charge in [-0.3, -0.25) is 0 Å². The Morgan fingerprint density at radius 1 is 1.05 bits per heavy atom. The number of anilines is 1. The van der Waals surface area contributed by atoms with E-state index in [1.807, 2.05) is 0 Å². The number of hydrogen-bond donors (Lipinski definition) is 1. The third-order valence-electron chi connectivity index (χ3n) is 3.70. The smallest absolute Gasteiger partial charge is 0.0485 e. The van der Waals surface area contributed by atoms with Crippen molar-refractivity contribution in [3.8, 4) is 0 Å². The van der Waals surface area contributed by atoms with Gasteiger partial charge >= 0.3 is 0 Å². The van der Waals surface area contributed by atoms with E-state index in [-0.39, 0.29) is 0 Å². The second-order valence-corrected chi connectivity index (χ2v) is 5.58. The van der Waals surface area contributed by atoms with E-state index >= 15 is 0 Å². The number of aryl methyl sites for hydroxylation is 2. The first kappa shape index (κ1) is 14.6. The molecule has 0 saturated carbocycles. The van der Waals surface area contributed by atoms with Crippen LogP contribution in [0.5, 0.6) is 0 Å². The first-order chi connectivity index (χ1) is 9.69. The van der Waals surface area contributed by atoms with Crippen LogP contribution in [0.3, 0.4) is 0 Å². The Morgan fingerprint density at radius 3 is 2.45 bits per heavy atom. The van der Waals surface area contributed by atoms with Crippen molar-refractivity contribution >= 4 is 5.69 Å². The Morgan fingerprint density at radius 2 is 1.80 bits per heavy atom.